The molecule has 0 rings (SSSR count). The van der Waals surface area contributed by atoms with Gasteiger partial charge in [0.15, 0.2) is 0 Å². The molecule has 0 aliphatic carbocycles. The SMILES string of the molecule is CC(C)CCCCCCCCCCCC(C)C. The van der Waals surface area contributed by atoms with Gasteiger partial charge in [-0.3, -0.25) is 0 Å². The Bertz CT molecular complexity index is 119. The molecule has 0 aromatic rings. The van der Waals surface area contributed by atoms with Gasteiger partial charge in [0.2, 0.25) is 0 Å². The van der Waals surface area contributed by atoms with E-state index < -0.39 is 0 Å². The summed E-state index contributed by atoms with van der Waals surface area (Å²) >= 11 is 0. The minimum Gasteiger partial charge on any atom is -0.0628 e. The zero-order valence-corrected chi connectivity index (χ0v) is 12.9. The van der Waals surface area contributed by atoms with Crippen molar-refractivity contribution in [2.45, 2.75) is 98.3 Å². The summed E-state index contributed by atoms with van der Waals surface area (Å²) in [6.07, 6.45) is 16.0. The van der Waals surface area contributed by atoms with Gasteiger partial charge in [-0.15, -0.1) is 0 Å². The maximum absolute atomic E-state index is 2.33. The van der Waals surface area contributed by atoms with Crippen molar-refractivity contribution in [3.05, 3.63) is 0 Å². The molecule has 0 bridgehead atoms. The molecule has 0 unspecified atom stereocenters. The zero-order valence-electron chi connectivity index (χ0n) is 12.9. The van der Waals surface area contributed by atoms with Gasteiger partial charge in [-0.05, 0) is 11.8 Å². The van der Waals surface area contributed by atoms with Crippen LogP contribution in [-0.2, 0) is 0 Å². The molecule has 0 aliphatic heterocycles. The van der Waals surface area contributed by atoms with E-state index in [1.165, 1.54) is 70.6 Å². The molecule has 0 N–H and O–H groups in total. The second-order valence-corrected chi connectivity index (χ2v) is 6.55. The third-order valence-electron chi connectivity index (χ3n) is 3.56. The van der Waals surface area contributed by atoms with Crippen molar-refractivity contribution in [2.24, 2.45) is 11.8 Å². The average Bonchev–Trinajstić information content (AvgIpc) is 2.25. The van der Waals surface area contributed by atoms with E-state index in [9.17, 15) is 0 Å². The lowest BCUT2D eigenvalue weighted by Crippen LogP contribution is -1.88. The van der Waals surface area contributed by atoms with Crippen LogP contribution in [0.5, 0.6) is 0 Å². The molecule has 0 aromatic heterocycles. The molecule has 0 aliphatic rings. The summed E-state index contributed by atoms with van der Waals surface area (Å²) in [7, 11) is 0. The first kappa shape index (κ1) is 17.0. The van der Waals surface area contributed by atoms with Crippen LogP contribution in [0.4, 0.5) is 0 Å². The van der Waals surface area contributed by atoms with Crippen LogP contribution in [0, 0.1) is 11.8 Å². The van der Waals surface area contributed by atoms with Crippen molar-refractivity contribution in [3.8, 4) is 0 Å². The molecule has 0 nitrogen and oxygen atoms in total. The Hall–Kier alpha value is 0. The summed E-state index contributed by atoms with van der Waals surface area (Å²) in [5.41, 5.74) is 0. The number of unbranched alkanes of at least 4 members (excludes halogenated alkanes) is 8. The normalized spacial score (nSPS) is 11.6. The van der Waals surface area contributed by atoms with E-state index in [0.717, 1.165) is 11.8 Å². The molecule has 104 valence electrons. The molecular formula is C17H36. The van der Waals surface area contributed by atoms with Gasteiger partial charge >= 0.3 is 0 Å². The molecule has 0 radical (unpaired) electrons. The van der Waals surface area contributed by atoms with Crippen LogP contribution in [0.25, 0.3) is 0 Å². The topological polar surface area (TPSA) is 0 Å². The molecule has 0 saturated heterocycles. The fourth-order valence-corrected chi connectivity index (χ4v) is 2.34. The zero-order chi connectivity index (χ0) is 12.9. The van der Waals surface area contributed by atoms with Crippen LogP contribution in [0.1, 0.15) is 98.3 Å². The predicted octanol–water partition coefficient (Wildman–Crippen LogP) is 6.59. The second kappa shape index (κ2) is 12.5. The van der Waals surface area contributed by atoms with Crippen LogP contribution < -0.4 is 0 Å². The standard InChI is InChI=1S/C17H36/c1-16(2)14-12-10-8-6-5-7-9-11-13-15-17(3)4/h16-17H,5-15H2,1-4H3. The summed E-state index contributed by atoms with van der Waals surface area (Å²) in [6, 6.07) is 0. The van der Waals surface area contributed by atoms with Gasteiger partial charge in [0.25, 0.3) is 0 Å². The van der Waals surface area contributed by atoms with Gasteiger partial charge in [-0.2, -0.15) is 0 Å². The smallest absolute Gasteiger partial charge is 0.0471 e. The molecule has 0 spiro atoms. The fourth-order valence-electron chi connectivity index (χ4n) is 2.34. The summed E-state index contributed by atoms with van der Waals surface area (Å²) in [4.78, 5) is 0. The maximum atomic E-state index is 2.33. The summed E-state index contributed by atoms with van der Waals surface area (Å²) in [5, 5.41) is 0. The number of hydrogen-bond acceptors (Lipinski definition) is 0. The van der Waals surface area contributed by atoms with Gasteiger partial charge in [0.1, 0.15) is 0 Å². The van der Waals surface area contributed by atoms with Crippen molar-refractivity contribution < 1.29 is 0 Å². The van der Waals surface area contributed by atoms with Crippen molar-refractivity contribution >= 4 is 0 Å². The van der Waals surface area contributed by atoms with Crippen molar-refractivity contribution in [2.75, 3.05) is 0 Å². The maximum Gasteiger partial charge on any atom is -0.0471 e. The Morgan fingerprint density at radius 3 is 0.882 bits per heavy atom. The van der Waals surface area contributed by atoms with E-state index >= 15 is 0 Å². The van der Waals surface area contributed by atoms with Gasteiger partial charge in [0.05, 0.1) is 0 Å². The highest BCUT2D eigenvalue weighted by Crippen LogP contribution is 2.14. The lowest BCUT2D eigenvalue weighted by atomic mass is 10.0. The van der Waals surface area contributed by atoms with Crippen molar-refractivity contribution in [1.29, 1.82) is 0 Å². The van der Waals surface area contributed by atoms with Crippen LogP contribution in [0.2, 0.25) is 0 Å². The van der Waals surface area contributed by atoms with Crippen LogP contribution in [0.3, 0.4) is 0 Å². The highest BCUT2D eigenvalue weighted by Gasteiger charge is 1.96. The molecule has 0 amide bonds. The summed E-state index contributed by atoms with van der Waals surface area (Å²) < 4.78 is 0. The first-order valence-corrected chi connectivity index (χ1v) is 8.13. The quantitative estimate of drug-likeness (QED) is 0.338. The van der Waals surface area contributed by atoms with Crippen LogP contribution >= 0.6 is 0 Å². The van der Waals surface area contributed by atoms with E-state index in [1.54, 1.807) is 0 Å². The highest BCUT2D eigenvalue weighted by molar-refractivity contribution is 4.51. The van der Waals surface area contributed by atoms with E-state index in [2.05, 4.69) is 27.7 Å². The van der Waals surface area contributed by atoms with Gasteiger partial charge in [-0.25, -0.2) is 0 Å². The molecule has 0 fully saturated rings. The van der Waals surface area contributed by atoms with E-state index in [-0.39, 0.29) is 0 Å². The Labute approximate surface area is 111 Å². The molecule has 17 heavy (non-hydrogen) atoms. The summed E-state index contributed by atoms with van der Waals surface area (Å²) in [5.74, 6) is 1.80. The molecular weight excluding hydrogens is 204 g/mol. The lowest BCUT2D eigenvalue weighted by molar-refractivity contribution is 0.493. The van der Waals surface area contributed by atoms with Crippen molar-refractivity contribution in [1.82, 2.24) is 0 Å². The van der Waals surface area contributed by atoms with E-state index in [1.807, 2.05) is 0 Å². The lowest BCUT2D eigenvalue weighted by Gasteiger charge is -2.05. The molecule has 0 heterocycles. The first-order valence-electron chi connectivity index (χ1n) is 8.13. The Morgan fingerprint density at radius 2 is 0.647 bits per heavy atom. The summed E-state index contributed by atoms with van der Waals surface area (Å²) in [6.45, 7) is 9.32. The highest BCUT2D eigenvalue weighted by atomic mass is 14.0. The van der Waals surface area contributed by atoms with E-state index in [4.69, 9.17) is 0 Å². The molecule has 0 heteroatoms. The van der Waals surface area contributed by atoms with Gasteiger partial charge < -0.3 is 0 Å². The monoisotopic (exact) mass is 240 g/mol. The predicted molar refractivity (Wildman–Crippen MR) is 80.5 cm³/mol. The second-order valence-electron chi connectivity index (χ2n) is 6.55. The minimum absolute atomic E-state index is 0.899. The first-order chi connectivity index (χ1) is 8.13. The number of hydrogen-bond donors (Lipinski definition) is 0. The minimum atomic E-state index is 0.899. The van der Waals surface area contributed by atoms with Gasteiger partial charge in [-0.1, -0.05) is 98.3 Å². The van der Waals surface area contributed by atoms with Crippen molar-refractivity contribution in [3.63, 3.8) is 0 Å². The molecule has 0 atom stereocenters. The largest absolute Gasteiger partial charge is 0.0628 e. The third kappa shape index (κ3) is 16.0. The Morgan fingerprint density at radius 1 is 0.412 bits per heavy atom. The fraction of sp³-hybridized carbons (Fsp3) is 1.00. The average molecular weight is 240 g/mol. The van der Waals surface area contributed by atoms with Crippen LogP contribution in [0.15, 0.2) is 0 Å². The molecule has 0 aromatic carbocycles. The number of rotatable bonds is 12. The Kier molecular flexibility index (Phi) is 12.5. The van der Waals surface area contributed by atoms with E-state index in [0.29, 0.717) is 0 Å². The van der Waals surface area contributed by atoms with Crippen LogP contribution in [-0.4, -0.2) is 0 Å². The Balaban J connectivity index is 2.94. The third-order valence-corrected chi connectivity index (χ3v) is 3.56. The molecule has 0 saturated carbocycles. The van der Waals surface area contributed by atoms with Gasteiger partial charge in [0, 0.05) is 0 Å².